The van der Waals surface area contributed by atoms with Gasteiger partial charge >= 0.3 is 5.97 Å². The highest BCUT2D eigenvalue weighted by Crippen LogP contribution is 1.91. The summed E-state index contributed by atoms with van der Waals surface area (Å²) in [6, 6.07) is -0.825. The van der Waals surface area contributed by atoms with Gasteiger partial charge in [-0.2, -0.15) is 5.10 Å². The van der Waals surface area contributed by atoms with E-state index in [2.05, 4.69) is 10.1 Å². The van der Waals surface area contributed by atoms with Crippen LogP contribution in [0.15, 0.2) is 12.7 Å². The van der Waals surface area contributed by atoms with Crippen molar-refractivity contribution in [2.75, 3.05) is 0 Å². The van der Waals surface area contributed by atoms with E-state index in [1.807, 2.05) is 0 Å². The minimum atomic E-state index is -0.991. The summed E-state index contributed by atoms with van der Waals surface area (Å²) in [5.41, 5.74) is 5.27. The standard InChI is InChI=1S/C6H10N4O2/c7-5(6(11)12)1-2-10-4-8-3-9-10/h3-5H,1-2,7H2,(H,11,12). The lowest BCUT2D eigenvalue weighted by Gasteiger charge is -2.04. The van der Waals surface area contributed by atoms with Crippen molar-refractivity contribution in [1.82, 2.24) is 14.8 Å². The molecule has 0 saturated heterocycles. The van der Waals surface area contributed by atoms with Gasteiger partial charge in [0.15, 0.2) is 0 Å². The molecule has 1 rings (SSSR count). The largest absolute Gasteiger partial charge is 0.480 e. The second-order valence-electron chi connectivity index (χ2n) is 2.39. The molecule has 0 amide bonds. The van der Waals surface area contributed by atoms with Crippen molar-refractivity contribution in [1.29, 1.82) is 0 Å². The zero-order valence-corrected chi connectivity index (χ0v) is 6.42. The van der Waals surface area contributed by atoms with Gasteiger partial charge in [-0.25, -0.2) is 4.98 Å². The van der Waals surface area contributed by atoms with Gasteiger partial charge in [0.25, 0.3) is 0 Å². The Morgan fingerprint density at radius 3 is 3.00 bits per heavy atom. The molecule has 1 unspecified atom stereocenters. The Labute approximate surface area is 69.0 Å². The summed E-state index contributed by atoms with van der Waals surface area (Å²) in [5.74, 6) is -0.991. The van der Waals surface area contributed by atoms with Gasteiger partial charge in [-0.1, -0.05) is 0 Å². The topological polar surface area (TPSA) is 94.0 Å². The van der Waals surface area contributed by atoms with E-state index in [4.69, 9.17) is 10.8 Å². The van der Waals surface area contributed by atoms with E-state index in [1.165, 1.54) is 12.7 Å². The Balaban J connectivity index is 2.31. The van der Waals surface area contributed by atoms with E-state index in [-0.39, 0.29) is 0 Å². The van der Waals surface area contributed by atoms with E-state index in [0.717, 1.165) is 0 Å². The predicted molar refractivity (Wildman–Crippen MR) is 40.3 cm³/mol. The van der Waals surface area contributed by atoms with Crippen molar-refractivity contribution in [2.24, 2.45) is 5.73 Å². The Morgan fingerprint density at radius 1 is 1.75 bits per heavy atom. The molecule has 3 N–H and O–H groups in total. The average Bonchev–Trinajstić information content (AvgIpc) is 2.51. The maximum atomic E-state index is 10.3. The first-order valence-electron chi connectivity index (χ1n) is 3.51. The molecule has 0 bridgehead atoms. The van der Waals surface area contributed by atoms with Crippen molar-refractivity contribution in [3.63, 3.8) is 0 Å². The molecule has 0 fully saturated rings. The van der Waals surface area contributed by atoms with Crippen molar-refractivity contribution < 1.29 is 9.90 Å². The second-order valence-corrected chi connectivity index (χ2v) is 2.39. The highest BCUT2D eigenvalue weighted by molar-refractivity contribution is 5.72. The van der Waals surface area contributed by atoms with Gasteiger partial charge in [0.2, 0.25) is 0 Å². The third-order valence-electron chi connectivity index (χ3n) is 1.45. The van der Waals surface area contributed by atoms with E-state index < -0.39 is 12.0 Å². The lowest BCUT2D eigenvalue weighted by atomic mass is 10.2. The van der Waals surface area contributed by atoms with Crippen LogP contribution in [0.4, 0.5) is 0 Å². The molecule has 1 aromatic rings. The molecule has 0 saturated carbocycles. The van der Waals surface area contributed by atoms with Crippen LogP contribution in [0.1, 0.15) is 6.42 Å². The first-order valence-corrected chi connectivity index (χ1v) is 3.51. The fraction of sp³-hybridized carbons (Fsp3) is 0.500. The lowest BCUT2D eigenvalue weighted by molar-refractivity contribution is -0.138. The number of nitrogens with zero attached hydrogens (tertiary/aromatic N) is 3. The summed E-state index contributed by atoms with van der Waals surface area (Å²) < 4.78 is 1.54. The Morgan fingerprint density at radius 2 is 2.50 bits per heavy atom. The van der Waals surface area contributed by atoms with Crippen LogP contribution in [-0.4, -0.2) is 31.9 Å². The van der Waals surface area contributed by atoms with Crippen LogP contribution < -0.4 is 5.73 Å². The normalized spacial score (nSPS) is 12.8. The van der Waals surface area contributed by atoms with Crippen LogP contribution in [0.5, 0.6) is 0 Å². The number of rotatable bonds is 4. The maximum Gasteiger partial charge on any atom is 0.320 e. The third-order valence-corrected chi connectivity index (χ3v) is 1.45. The minimum absolute atomic E-state index is 0.360. The zero-order valence-electron chi connectivity index (χ0n) is 6.42. The monoisotopic (exact) mass is 170 g/mol. The van der Waals surface area contributed by atoms with E-state index in [1.54, 1.807) is 4.68 Å². The molecule has 12 heavy (non-hydrogen) atoms. The summed E-state index contributed by atoms with van der Waals surface area (Å²) in [6.07, 6.45) is 3.28. The molecule has 0 radical (unpaired) electrons. The number of carboxylic acid groups (broad SMARTS) is 1. The predicted octanol–water partition coefficient (Wildman–Crippen LogP) is -0.920. The molecule has 0 aliphatic heterocycles. The Bertz CT molecular complexity index is 246. The van der Waals surface area contributed by atoms with Crippen LogP contribution in [0.2, 0.25) is 0 Å². The van der Waals surface area contributed by atoms with Gasteiger partial charge in [-0.3, -0.25) is 9.48 Å². The van der Waals surface area contributed by atoms with Gasteiger partial charge in [-0.05, 0) is 6.42 Å². The summed E-state index contributed by atoms with van der Waals surface area (Å²) in [4.78, 5) is 14.0. The van der Waals surface area contributed by atoms with Crippen LogP contribution in [0, 0.1) is 0 Å². The van der Waals surface area contributed by atoms with Crippen molar-refractivity contribution in [3.05, 3.63) is 12.7 Å². The molecule has 1 aromatic heterocycles. The Hall–Kier alpha value is -1.43. The lowest BCUT2D eigenvalue weighted by Crippen LogP contribution is -2.31. The van der Waals surface area contributed by atoms with Gasteiger partial charge < -0.3 is 10.8 Å². The average molecular weight is 170 g/mol. The third kappa shape index (κ3) is 2.31. The second kappa shape index (κ2) is 3.82. The summed E-state index contributed by atoms with van der Waals surface area (Å²) >= 11 is 0. The molecule has 1 atom stereocenters. The Kier molecular flexibility index (Phi) is 2.76. The fourth-order valence-corrected chi connectivity index (χ4v) is 0.743. The number of nitrogens with two attached hydrogens (primary N) is 1. The zero-order chi connectivity index (χ0) is 8.97. The van der Waals surface area contributed by atoms with Crippen LogP contribution in [-0.2, 0) is 11.3 Å². The van der Waals surface area contributed by atoms with Crippen LogP contribution >= 0.6 is 0 Å². The van der Waals surface area contributed by atoms with E-state index in [9.17, 15) is 4.79 Å². The number of carbonyl (C=O) groups is 1. The van der Waals surface area contributed by atoms with E-state index in [0.29, 0.717) is 13.0 Å². The SMILES string of the molecule is NC(CCn1cncn1)C(=O)O. The number of hydrogen-bond donors (Lipinski definition) is 2. The van der Waals surface area contributed by atoms with Crippen molar-refractivity contribution in [2.45, 2.75) is 19.0 Å². The molecule has 0 aromatic carbocycles. The molecule has 6 heteroatoms. The number of aromatic nitrogens is 3. The maximum absolute atomic E-state index is 10.3. The molecule has 0 aliphatic rings. The van der Waals surface area contributed by atoms with Gasteiger partial charge in [0, 0.05) is 6.54 Å². The molecule has 0 aliphatic carbocycles. The summed E-state index contributed by atoms with van der Waals surface area (Å²) in [6.45, 7) is 0.480. The van der Waals surface area contributed by atoms with Crippen molar-refractivity contribution in [3.8, 4) is 0 Å². The van der Waals surface area contributed by atoms with Gasteiger partial charge in [0.05, 0.1) is 0 Å². The smallest absolute Gasteiger partial charge is 0.320 e. The highest BCUT2D eigenvalue weighted by atomic mass is 16.4. The van der Waals surface area contributed by atoms with Gasteiger partial charge in [0.1, 0.15) is 18.7 Å². The fourth-order valence-electron chi connectivity index (χ4n) is 0.743. The van der Waals surface area contributed by atoms with Gasteiger partial charge in [-0.15, -0.1) is 0 Å². The molecule has 0 spiro atoms. The minimum Gasteiger partial charge on any atom is -0.480 e. The number of carboxylic acids is 1. The van der Waals surface area contributed by atoms with Crippen LogP contribution in [0.3, 0.4) is 0 Å². The number of hydrogen-bond acceptors (Lipinski definition) is 4. The molecule has 6 nitrogen and oxygen atoms in total. The molecule has 66 valence electrons. The first kappa shape index (κ1) is 8.66. The van der Waals surface area contributed by atoms with E-state index >= 15 is 0 Å². The molecular weight excluding hydrogens is 160 g/mol. The summed E-state index contributed by atoms with van der Waals surface area (Å²) in [7, 11) is 0. The highest BCUT2D eigenvalue weighted by Gasteiger charge is 2.10. The quantitative estimate of drug-likeness (QED) is 0.609. The van der Waals surface area contributed by atoms with Crippen LogP contribution in [0.25, 0.3) is 0 Å². The summed E-state index contributed by atoms with van der Waals surface area (Å²) in [5, 5.41) is 12.2. The number of aryl methyl sites for hydroxylation is 1. The molecular formula is C6H10N4O2. The first-order chi connectivity index (χ1) is 5.70. The van der Waals surface area contributed by atoms with Crippen molar-refractivity contribution >= 4 is 5.97 Å². The number of aliphatic carboxylic acids is 1. The molecule has 1 heterocycles.